The lowest BCUT2D eigenvalue weighted by Gasteiger charge is -2.23. The Hall–Kier alpha value is -1.29. The molecular formula is C17H25N4O2S3+. The molecule has 9 heteroatoms. The Bertz CT molecular complexity index is 903. The average Bonchev–Trinajstić information content (AvgIpc) is 3.15. The molecule has 1 fully saturated rings. The molecule has 0 radical (unpaired) electrons. The zero-order valence-electron chi connectivity index (χ0n) is 15.1. The number of hydrogen-bond donors (Lipinski definition) is 2. The molecule has 1 unspecified atom stereocenters. The summed E-state index contributed by atoms with van der Waals surface area (Å²) in [6, 6.07) is 8.41. The molecule has 1 aromatic heterocycles. The molecule has 0 spiro atoms. The highest BCUT2D eigenvalue weighted by molar-refractivity contribution is 7.91. The van der Waals surface area contributed by atoms with Gasteiger partial charge in [0.15, 0.2) is 20.5 Å². The summed E-state index contributed by atoms with van der Waals surface area (Å²) in [6.45, 7) is 5.65. The van der Waals surface area contributed by atoms with Crippen LogP contribution in [0.15, 0.2) is 24.3 Å². The Balaban J connectivity index is 1.69. The molecule has 0 bridgehead atoms. The van der Waals surface area contributed by atoms with Crippen molar-refractivity contribution in [3.63, 3.8) is 0 Å². The van der Waals surface area contributed by atoms with Crippen molar-refractivity contribution in [3.8, 4) is 0 Å². The van der Waals surface area contributed by atoms with Crippen LogP contribution < -0.4 is 10.2 Å². The normalized spacial score (nSPS) is 20.2. The van der Waals surface area contributed by atoms with Crippen molar-refractivity contribution >= 4 is 44.2 Å². The topological polar surface area (TPSA) is 68.4 Å². The predicted octanol–water partition coefficient (Wildman–Crippen LogP) is 2.03. The molecule has 142 valence electrons. The van der Waals surface area contributed by atoms with Gasteiger partial charge < -0.3 is 10.2 Å². The number of aromatic nitrogens is 2. The number of anilines is 2. The maximum atomic E-state index is 11.8. The Morgan fingerprint density at radius 2 is 2.08 bits per heavy atom. The highest BCUT2D eigenvalue weighted by atomic mass is 32.2. The number of benzene rings is 1. The van der Waals surface area contributed by atoms with Crippen LogP contribution >= 0.6 is 23.6 Å². The average molecular weight is 414 g/mol. The maximum Gasteiger partial charge on any atom is 0.209 e. The minimum Gasteiger partial charge on any atom is -0.330 e. The minimum atomic E-state index is -2.88. The van der Waals surface area contributed by atoms with E-state index in [4.69, 9.17) is 12.2 Å². The monoisotopic (exact) mass is 413 g/mol. The van der Waals surface area contributed by atoms with Gasteiger partial charge in [-0.15, -0.1) is 5.10 Å². The second kappa shape index (κ2) is 8.16. The molecule has 0 saturated carbocycles. The Kier molecular flexibility index (Phi) is 6.11. The number of quaternary nitrogens is 1. The molecule has 1 aliphatic heterocycles. The number of aryl methyl sites for hydroxylation is 1. The van der Waals surface area contributed by atoms with Gasteiger partial charge in [-0.05, 0) is 43.3 Å². The van der Waals surface area contributed by atoms with Gasteiger partial charge in [0.2, 0.25) is 5.13 Å². The number of sulfone groups is 1. The van der Waals surface area contributed by atoms with Gasteiger partial charge in [-0.1, -0.05) is 30.4 Å². The van der Waals surface area contributed by atoms with Crippen molar-refractivity contribution in [2.45, 2.75) is 39.4 Å². The molecule has 2 heterocycles. The molecule has 1 saturated heterocycles. The van der Waals surface area contributed by atoms with E-state index in [1.807, 2.05) is 16.8 Å². The van der Waals surface area contributed by atoms with Crippen LogP contribution in [0.25, 0.3) is 0 Å². The summed E-state index contributed by atoms with van der Waals surface area (Å²) in [5, 5.41) is 8.66. The smallest absolute Gasteiger partial charge is 0.209 e. The summed E-state index contributed by atoms with van der Waals surface area (Å²) in [4.78, 5) is 1.21. The van der Waals surface area contributed by atoms with Gasteiger partial charge in [0.1, 0.15) is 11.8 Å². The highest BCUT2D eigenvalue weighted by Gasteiger charge is 2.35. The quantitative estimate of drug-likeness (QED) is 0.680. The Morgan fingerprint density at radius 3 is 2.65 bits per heavy atom. The van der Waals surface area contributed by atoms with E-state index in [1.54, 1.807) is 0 Å². The van der Waals surface area contributed by atoms with E-state index in [9.17, 15) is 8.42 Å². The fraction of sp³-hybridized carbons (Fsp3) is 0.529. The van der Waals surface area contributed by atoms with E-state index in [2.05, 4.69) is 36.4 Å². The number of nitrogens with zero attached hydrogens (tertiary/aromatic N) is 2. The largest absolute Gasteiger partial charge is 0.330 e. The second-order valence-corrected chi connectivity index (χ2v) is 10.5. The lowest BCUT2D eigenvalue weighted by Crippen LogP contribution is -3.15. The van der Waals surface area contributed by atoms with Gasteiger partial charge in [-0.25, -0.2) is 8.42 Å². The molecule has 26 heavy (non-hydrogen) atoms. The first-order valence-corrected chi connectivity index (χ1v) is 11.9. The molecule has 0 aliphatic carbocycles. The third-order valence-electron chi connectivity index (χ3n) is 4.84. The van der Waals surface area contributed by atoms with Crippen LogP contribution in [0, 0.1) is 3.95 Å². The predicted molar refractivity (Wildman–Crippen MR) is 109 cm³/mol. The van der Waals surface area contributed by atoms with Crippen molar-refractivity contribution in [1.29, 1.82) is 0 Å². The van der Waals surface area contributed by atoms with Crippen LogP contribution in [0.5, 0.6) is 0 Å². The van der Waals surface area contributed by atoms with Gasteiger partial charge in [0.05, 0.1) is 12.3 Å². The van der Waals surface area contributed by atoms with Crippen molar-refractivity contribution in [2.75, 3.05) is 23.4 Å². The molecule has 1 aromatic carbocycles. The first-order valence-electron chi connectivity index (χ1n) is 8.89. The molecule has 2 N–H and O–H groups in total. The SMILES string of the molecule is CCc1ccc(Nc2nn(C[NH+](CC)[C@H]3CCS(=O)(=O)C3)c(=S)s2)cc1. The van der Waals surface area contributed by atoms with Crippen LogP contribution in [0.1, 0.15) is 25.8 Å². The fourth-order valence-electron chi connectivity index (χ4n) is 3.24. The summed E-state index contributed by atoms with van der Waals surface area (Å²) < 4.78 is 26.0. The van der Waals surface area contributed by atoms with Crippen LogP contribution in [0.3, 0.4) is 0 Å². The van der Waals surface area contributed by atoms with Crippen molar-refractivity contribution < 1.29 is 13.3 Å². The van der Waals surface area contributed by atoms with E-state index < -0.39 is 9.84 Å². The summed E-state index contributed by atoms with van der Waals surface area (Å²) in [6.07, 6.45) is 1.73. The molecular weight excluding hydrogens is 388 g/mol. The van der Waals surface area contributed by atoms with Gasteiger partial charge in [0, 0.05) is 12.1 Å². The van der Waals surface area contributed by atoms with Crippen LogP contribution in [0.4, 0.5) is 10.8 Å². The highest BCUT2D eigenvalue weighted by Crippen LogP contribution is 2.20. The van der Waals surface area contributed by atoms with Crippen molar-refractivity contribution in [3.05, 3.63) is 33.8 Å². The Labute approximate surface area is 163 Å². The van der Waals surface area contributed by atoms with E-state index in [-0.39, 0.29) is 11.8 Å². The van der Waals surface area contributed by atoms with Gasteiger partial charge in [0.25, 0.3) is 0 Å². The standard InChI is InChI=1S/C17H24N4O2S3/c1-3-13-5-7-14(8-6-13)18-16-19-21(17(24)25-16)12-20(4-2)15-9-10-26(22,23)11-15/h5-8,15H,3-4,9-12H2,1-2H3,(H,18,19)/p+1/t15-/m0/s1. The molecule has 3 rings (SSSR count). The Morgan fingerprint density at radius 1 is 1.35 bits per heavy atom. The number of nitrogens with one attached hydrogen (secondary N) is 2. The van der Waals surface area contributed by atoms with Crippen molar-refractivity contribution in [1.82, 2.24) is 9.78 Å². The third-order valence-corrected chi connectivity index (χ3v) is 7.83. The number of rotatable bonds is 7. The van der Waals surface area contributed by atoms with Crippen molar-refractivity contribution in [2.24, 2.45) is 0 Å². The maximum absolute atomic E-state index is 11.8. The summed E-state index contributed by atoms with van der Waals surface area (Å²) in [5.74, 6) is 0.562. The number of hydrogen-bond acceptors (Lipinski definition) is 6. The van der Waals surface area contributed by atoms with E-state index in [0.717, 1.165) is 30.2 Å². The van der Waals surface area contributed by atoms with E-state index in [1.165, 1.54) is 21.8 Å². The first-order chi connectivity index (χ1) is 12.4. The van der Waals surface area contributed by atoms with E-state index >= 15 is 0 Å². The molecule has 1 aliphatic rings. The fourth-order valence-corrected chi connectivity index (χ4v) is 6.10. The molecule has 0 amide bonds. The van der Waals surface area contributed by atoms with Crippen LogP contribution in [0.2, 0.25) is 0 Å². The molecule has 2 aromatic rings. The van der Waals surface area contributed by atoms with E-state index in [0.29, 0.717) is 16.4 Å². The molecule has 2 atom stereocenters. The zero-order valence-corrected chi connectivity index (χ0v) is 17.5. The zero-order chi connectivity index (χ0) is 18.7. The minimum absolute atomic E-state index is 0.131. The molecule has 6 nitrogen and oxygen atoms in total. The van der Waals surface area contributed by atoms with Crippen LogP contribution in [-0.2, 0) is 22.9 Å². The summed E-state index contributed by atoms with van der Waals surface area (Å²) in [7, 11) is -2.88. The summed E-state index contributed by atoms with van der Waals surface area (Å²) >= 11 is 6.90. The summed E-state index contributed by atoms with van der Waals surface area (Å²) in [5.41, 5.74) is 2.28. The van der Waals surface area contributed by atoms with Gasteiger partial charge in [-0.2, -0.15) is 4.68 Å². The van der Waals surface area contributed by atoms with Crippen LogP contribution in [-0.4, -0.2) is 42.3 Å². The third kappa shape index (κ3) is 4.70. The second-order valence-electron chi connectivity index (χ2n) is 6.62. The first kappa shape index (κ1) is 19.5. The van der Waals surface area contributed by atoms with Gasteiger partial charge >= 0.3 is 0 Å². The lowest BCUT2D eigenvalue weighted by molar-refractivity contribution is -0.943. The lowest BCUT2D eigenvalue weighted by atomic mass is 10.1. The van der Waals surface area contributed by atoms with Gasteiger partial charge in [-0.3, -0.25) is 0 Å².